The highest BCUT2D eigenvalue weighted by Gasteiger charge is 2.15. The van der Waals surface area contributed by atoms with Crippen molar-refractivity contribution >= 4 is 48.7 Å². The fraction of sp³-hybridized carbons (Fsp3) is 0.250. The van der Waals surface area contributed by atoms with E-state index in [1.54, 1.807) is 0 Å². The van der Waals surface area contributed by atoms with Crippen LogP contribution < -0.4 is 5.32 Å². The van der Waals surface area contributed by atoms with E-state index >= 15 is 0 Å². The predicted octanol–water partition coefficient (Wildman–Crippen LogP) is 5.62. The summed E-state index contributed by atoms with van der Waals surface area (Å²) in [5.74, 6) is 0. The van der Waals surface area contributed by atoms with Gasteiger partial charge in [-0.25, -0.2) is 0 Å². The lowest BCUT2D eigenvalue weighted by Crippen LogP contribution is -2.21. The first-order valence-corrected chi connectivity index (χ1v) is 9.15. The Hall–Kier alpha value is -0.680. The van der Waals surface area contributed by atoms with Gasteiger partial charge in [0.25, 0.3) is 0 Å². The summed E-state index contributed by atoms with van der Waals surface area (Å²) >= 11 is 7.27. The lowest BCUT2D eigenvalue weighted by molar-refractivity contribution is 0.562. The van der Waals surface area contributed by atoms with Gasteiger partial charge in [0.2, 0.25) is 0 Å². The summed E-state index contributed by atoms with van der Waals surface area (Å²) in [6, 6.07) is 15.7. The van der Waals surface area contributed by atoms with E-state index < -0.39 is 0 Å². The van der Waals surface area contributed by atoms with E-state index in [2.05, 4.69) is 70.6 Å². The summed E-state index contributed by atoms with van der Waals surface area (Å²) in [6.45, 7) is 3.16. The molecule has 0 aliphatic rings. The van der Waals surface area contributed by atoms with Gasteiger partial charge in [0.1, 0.15) is 0 Å². The number of benzene rings is 1. The maximum atomic E-state index is 3.62. The van der Waals surface area contributed by atoms with Crippen molar-refractivity contribution in [2.24, 2.45) is 0 Å². The summed E-state index contributed by atoms with van der Waals surface area (Å²) in [7, 11) is 0. The SMILES string of the molecule is CCNC(Cc1ccc(Br)s1)c1cc2ccccc2s1. The molecule has 1 atom stereocenters. The van der Waals surface area contributed by atoms with Crippen molar-refractivity contribution in [1.29, 1.82) is 0 Å². The van der Waals surface area contributed by atoms with E-state index in [4.69, 9.17) is 0 Å². The molecular weight excluding hydrogens is 350 g/mol. The maximum absolute atomic E-state index is 3.62. The zero-order valence-electron chi connectivity index (χ0n) is 11.2. The second-order valence-corrected chi connectivity index (χ2v) is 8.37. The van der Waals surface area contributed by atoms with Gasteiger partial charge < -0.3 is 5.32 Å². The number of rotatable bonds is 5. The van der Waals surface area contributed by atoms with Crippen LogP contribution >= 0.6 is 38.6 Å². The molecule has 0 saturated heterocycles. The van der Waals surface area contributed by atoms with E-state index in [-0.39, 0.29) is 0 Å². The van der Waals surface area contributed by atoms with Crippen LogP contribution in [0, 0.1) is 0 Å². The summed E-state index contributed by atoms with van der Waals surface area (Å²) in [5, 5.41) is 4.97. The predicted molar refractivity (Wildman–Crippen MR) is 94.0 cm³/mol. The molecule has 4 heteroatoms. The van der Waals surface area contributed by atoms with Crippen molar-refractivity contribution in [3.05, 3.63) is 56.0 Å². The standard InChI is InChI=1S/C16H16BrNS2/c1-2-18-13(10-12-7-8-16(17)19-12)15-9-11-5-3-4-6-14(11)20-15/h3-9,13,18H,2,10H2,1H3. The third-order valence-corrected chi connectivity index (χ3v) is 6.15. The quantitative estimate of drug-likeness (QED) is 0.618. The van der Waals surface area contributed by atoms with Crippen molar-refractivity contribution in [3.8, 4) is 0 Å². The number of hydrogen-bond acceptors (Lipinski definition) is 3. The number of hydrogen-bond donors (Lipinski definition) is 1. The molecule has 0 radical (unpaired) electrons. The van der Waals surface area contributed by atoms with Gasteiger partial charge in [-0.2, -0.15) is 0 Å². The van der Waals surface area contributed by atoms with E-state index in [0.717, 1.165) is 13.0 Å². The maximum Gasteiger partial charge on any atom is 0.0701 e. The monoisotopic (exact) mass is 365 g/mol. The molecule has 0 aliphatic carbocycles. The minimum atomic E-state index is 0.406. The Kier molecular flexibility index (Phi) is 4.56. The molecule has 2 aromatic heterocycles. The van der Waals surface area contributed by atoms with E-state index in [1.807, 2.05) is 22.7 Å². The van der Waals surface area contributed by atoms with Gasteiger partial charge in [0.15, 0.2) is 0 Å². The first kappa shape index (κ1) is 14.3. The van der Waals surface area contributed by atoms with Crippen molar-refractivity contribution in [2.45, 2.75) is 19.4 Å². The lowest BCUT2D eigenvalue weighted by atomic mass is 10.1. The third-order valence-electron chi connectivity index (χ3n) is 3.27. The normalized spacial score (nSPS) is 12.9. The van der Waals surface area contributed by atoms with Gasteiger partial charge in [-0.05, 0) is 52.1 Å². The second kappa shape index (κ2) is 6.39. The zero-order valence-corrected chi connectivity index (χ0v) is 14.4. The molecule has 0 aliphatic heterocycles. The topological polar surface area (TPSA) is 12.0 Å². The molecule has 1 unspecified atom stereocenters. The molecule has 0 amide bonds. The van der Waals surface area contributed by atoms with Crippen LogP contribution in [0.15, 0.2) is 46.3 Å². The molecule has 1 aromatic carbocycles. The highest BCUT2D eigenvalue weighted by molar-refractivity contribution is 9.11. The highest BCUT2D eigenvalue weighted by Crippen LogP contribution is 2.33. The summed E-state index contributed by atoms with van der Waals surface area (Å²) in [5.41, 5.74) is 0. The molecular formula is C16H16BrNS2. The first-order valence-electron chi connectivity index (χ1n) is 6.72. The van der Waals surface area contributed by atoms with Gasteiger partial charge >= 0.3 is 0 Å². The van der Waals surface area contributed by atoms with E-state index in [0.29, 0.717) is 6.04 Å². The van der Waals surface area contributed by atoms with E-state index in [9.17, 15) is 0 Å². The number of fused-ring (bicyclic) bond motifs is 1. The molecule has 0 fully saturated rings. The Morgan fingerprint density at radius 3 is 2.70 bits per heavy atom. The summed E-state index contributed by atoms with van der Waals surface area (Å²) in [6.07, 6.45) is 1.05. The molecule has 2 heterocycles. The summed E-state index contributed by atoms with van der Waals surface area (Å²) in [4.78, 5) is 2.85. The number of nitrogens with one attached hydrogen (secondary N) is 1. The minimum Gasteiger partial charge on any atom is -0.309 e. The van der Waals surface area contributed by atoms with Crippen LogP contribution in [0.4, 0.5) is 0 Å². The van der Waals surface area contributed by atoms with Gasteiger partial charge in [-0.1, -0.05) is 25.1 Å². The third kappa shape index (κ3) is 3.14. The molecule has 1 N–H and O–H groups in total. The van der Waals surface area contributed by atoms with Crippen LogP contribution in [0.1, 0.15) is 22.7 Å². The Labute approximate surface area is 135 Å². The van der Waals surface area contributed by atoms with Gasteiger partial charge in [0.05, 0.1) is 3.79 Å². The van der Waals surface area contributed by atoms with Crippen LogP contribution in [0.5, 0.6) is 0 Å². The highest BCUT2D eigenvalue weighted by atomic mass is 79.9. The molecule has 104 valence electrons. The molecule has 0 spiro atoms. The van der Waals surface area contributed by atoms with Crippen molar-refractivity contribution in [3.63, 3.8) is 0 Å². The van der Waals surface area contributed by atoms with Gasteiger partial charge in [0, 0.05) is 26.9 Å². The van der Waals surface area contributed by atoms with Crippen molar-refractivity contribution in [2.75, 3.05) is 6.54 Å². The fourth-order valence-electron chi connectivity index (χ4n) is 2.36. The largest absolute Gasteiger partial charge is 0.309 e. The smallest absolute Gasteiger partial charge is 0.0701 e. The Morgan fingerprint density at radius 1 is 1.15 bits per heavy atom. The molecule has 0 saturated carbocycles. The number of halogens is 1. The van der Waals surface area contributed by atoms with E-state index in [1.165, 1.54) is 23.6 Å². The second-order valence-electron chi connectivity index (χ2n) is 4.71. The Bertz CT molecular complexity index is 668. The van der Waals surface area contributed by atoms with Gasteiger partial charge in [-0.15, -0.1) is 22.7 Å². The molecule has 3 aromatic rings. The molecule has 20 heavy (non-hydrogen) atoms. The van der Waals surface area contributed by atoms with Crippen LogP contribution in [-0.2, 0) is 6.42 Å². The number of likely N-dealkylation sites (N-methyl/N-ethyl adjacent to an activating group) is 1. The zero-order chi connectivity index (χ0) is 13.9. The van der Waals surface area contributed by atoms with Crippen LogP contribution in [0.3, 0.4) is 0 Å². The van der Waals surface area contributed by atoms with Crippen LogP contribution in [0.2, 0.25) is 0 Å². The van der Waals surface area contributed by atoms with Crippen LogP contribution in [0.25, 0.3) is 10.1 Å². The number of thiophene rings is 2. The van der Waals surface area contributed by atoms with Crippen molar-refractivity contribution < 1.29 is 0 Å². The van der Waals surface area contributed by atoms with Gasteiger partial charge in [-0.3, -0.25) is 0 Å². The lowest BCUT2D eigenvalue weighted by Gasteiger charge is -2.15. The minimum absolute atomic E-state index is 0.406. The average molecular weight is 366 g/mol. The summed E-state index contributed by atoms with van der Waals surface area (Å²) < 4.78 is 2.58. The van der Waals surface area contributed by atoms with Crippen molar-refractivity contribution in [1.82, 2.24) is 5.32 Å². The Balaban J connectivity index is 1.89. The molecule has 3 rings (SSSR count). The van der Waals surface area contributed by atoms with Crippen LogP contribution in [-0.4, -0.2) is 6.54 Å². The fourth-order valence-corrected chi connectivity index (χ4v) is 5.03. The molecule has 1 nitrogen and oxygen atoms in total. The Morgan fingerprint density at radius 2 is 2.00 bits per heavy atom. The average Bonchev–Trinajstić information content (AvgIpc) is 3.04. The first-order chi connectivity index (χ1) is 9.76. The molecule has 0 bridgehead atoms.